The third-order valence-corrected chi connectivity index (χ3v) is 3.76. The number of hydrogen-bond donors (Lipinski definition) is 1. The van der Waals surface area contributed by atoms with E-state index in [1.807, 2.05) is 6.92 Å². The maximum Gasteiger partial charge on any atom is 0.137 e. The van der Waals surface area contributed by atoms with Crippen molar-refractivity contribution in [2.24, 2.45) is 5.92 Å². The molecule has 3 nitrogen and oxygen atoms in total. The summed E-state index contributed by atoms with van der Waals surface area (Å²) in [5.74, 6) is 1.76. The molecule has 0 saturated heterocycles. The van der Waals surface area contributed by atoms with Gasteiger partial charge in [-0.1, -0.05) is 18.5 Å². The van der Waals surface area contributed by atoms with E-state index >= 15 is 0 Å². The predicted molar refractivity (Wildman–Crippen MR) is 66.8 cm³/mol. The normalized spacial score (nSPS) is 25.4. The summed E-state index contributed by atoms with van der Waals surface area (Å²) < 4.78 is 0. The van der Waals surface area contributed by atoms with E-state index in [1.165, 1.54) is 32.0 Å². The van der Waals surface area contributed by atoms with E-state index in [0.717, 1.165) is 17.3 Å². The van der Waals surface area contributed by atoms with Crippen LogP contribution < -0.4 is 5.32 Å². The molecule has 0 bridgehead atoms. The lowest BCUT2D eigenvalue weighted by Crippen LogP contribution is -2.26. The topological polar surface area (TPSA) is 37.8 Å². The van der Waals surface area contributed by atoms with E-state index in [4.69, 9.17) is 11.6 Å². The average Bonchev–Trinajstić information content (AvgIpc) is 2.28. The van der Waals surface area contributed by atoms with E-state index in [-0.39, 0.29) is 0 Å². The molecule has 1 heterocycles. The van der Waals surface area contributed by atoms with Crippen molar-refractivity contribution < 1.29 is 0 Å². The molecule has 1 N–H and O–H groups in total. The molecule has 16 heavy (non-hydrogen) atoms. The second-order valence-electron chi connectivity index (χ2n) is 4.74. The first-order valence-electron chi connectivity index (χ1n) is 5.90. The van der Waals surface area contributed by atoms with Gasteiger partial charge in [0, 0.05) is 11.6 Å². The zero-order chi connectivity index (χ0) is 11.5. The highest BCUT2D eigenvalue weighted by Crippen LogP contribution is 2.27. The van der Waals surface area contributed by atoms with Crippen molar-refractivity contribution in [3.63, 3.8) is 0 Å². The van der Waals surface area contributed by atoms with Gasteiger partial charge in [0.25, 0.3) is 0 Å². The van der Waals surface area contributed by atoms with Gasteiger partial charge >= 0.3 is 0 Å². The van der Waals surface area contributed by atoms with Gasteiger partial charge in [-0.15, -0.1) is 0 Å². The lowest BCUT2D eigenvalue weighted by molar-refractivity contribution is 0.360. The van der Waals surface area contributed by atoms with E-state index in [0.29, 0.717) is 11.2 Å². The maximum atomic E-state index is 5.96. The molecule has 1 fully saturated rings. The fraction of sp³-hybridized carbons (Fsp3) is 0.667. The first-order valence-corrected chi connectivity index (χ1v) is 6.28. The highest BCUT2D eigenvalue weighted by molar-refractivity contribution is 6.30. The van der Waals surface area contributed by atoms with Gasteiger partial charge in [-0.25, -0.2) is 9.97 Å². The SMILES string of the molecule is Cc1c(Cl)ncnc1NC1CCC(C)CC1. The van der Waals surface area contributed by atoms with Crippen LogP contribution in [0.2, 0.25) is 5.15 Å². The van der Waals surface area contributed by atoms with Crippen LogP contribution >= 0.6 is 11.6 Å². The maximum absolute atomic E-state index is 5.96. The van der Waals surface area contributed by atoms with Gasteiger partial charge in [0.1, 0.15) is 17.3 Å². The van der Waals surface area contributed by atoms with Crippen LogP contribution in [0.1, 0.15) is 38.2 Å². The molecule has 0 aromatic carbocycles. The van der Waals surface area contributed by atoms with Crippen molar-refractivity contribution in [1.82, 2.24) is 9.97 Å². The van der Waals surface area contributed by atoms with Crippen LogP contribution in [0.15, 0.2) is 6.33 Å². The van der Waals surface area contributed by atoms with Gasteiger partial charge in [-0.3, -0.25) is 0 Å². The highest BCUT2D eigenvalue weighted by atomic mass is 35.5. The Morgan fingerprint density at radius 2 is 1.94 bits per heavy atom. The van der Waals surface area contributed by atoms with Gasteiger partial charge in [-0.2, -0.15) is 0 Å². The highest BCUT2D eigenvalue weighted by Gasteiger charge is 2.19. The van der Waals surface area contributed by atoms with Crippen LogP contribution in [0.4, 0.5) is 5.82 Å². The molecule has 0 spiro atoms. The molecule has 88 valence electrons. The third kappa shape index (κ3) is 2.64. The fourth-order valence-electron chi connectivity index (χ4n) is 2.17. The first-order chi connectivity index (χ1) is 7.66. The Hall–Kier alpha value is -0.830. The van der Waals surface area contributed by atoms with Crippen molar-refractivity contribution in [3.8, 4) is 0 Å². The Labute approximate surface area is 102 Å². The van der Waals surface area contributed by atoms with Crippen molar-refractivity contribution in [2.45, 2.75) is 45.6 Å². The summed E-state index contributed by atoms with van der Waals surface area (Å²) in [5.41, 5.74) is 0.947. The van der Waals surface area contributed by atoms with E-state index < -0.39 is 0 Å². The smallest absolute Gasteiger partial charge is 0.137 e. The van der Waals surface area contributed by atoms with Gasteiger partial charge in [0.2, 0.25) is 0 Å². The van der Waals surface area contributed by atoms with Crippen molar-refractivity contribution in [3.05, 3.63) is 17.0 Å². The van der Waals surface area contributed by atoms with Gasteiger partial charge < -0.3 is 5.32 Å². The monoisotopic (exact) mass is 239 g/mol. The van der Waals surface area contributed by atoms with Crippen molar-refractivity contribution >= 4 is 17.4 Å². The lowest BCUT2D eigenvalue weighted by Gasteiger charge is -2.27. The summed E-state index contributed by atoms with van der Waals surface area (Å²) in [6.07, 6.45) is 6.57. The number of hydrogen-bond acceptors (Lipinski definition) is 3. The molecule has 0 aliphatic heterocycles. The molecular formula is C12H18ClN3. The molecular weight excluding hydrogens is 222 g/mol. The van der Waals surface area contributed by atoms with Gasteiger partial charge in [-0.05, 0) is 38.5 Å². The Balaban J connectivity index is 2.01. The quantitative estimate of drug-likeness (QED) is 0.804. The Kier molecular flexibility index (Phi) is 3.64. The number of rotatable bonds is 2. The summed E-state index contributed by atoms with van der Waals surface area (Å²) in [5, 5.41) is 4.02. The minimum absolute atomic E-state index is 0.542. The number of halogens is 1. The Morgan fingerprint density at radius 3 is 2.62 bits per heavy atom. The van der Waals surface area contributed by atoms with Crippen LogP contribution in [0.5, 0.6) is 0 Å². The minimum Gasteiger partial charge on any atom is -0.367 e. The van der Waals surface area contributed by atoms with Crippen molar-refractivity contribution in [1.29, 1.82) is 0 Å². The third-order valence-electron chi connectivity index (χ3n) is 3.38. The molecule has 0 unspecified atom stereocenters. The second kappa shape index (κ2) is 5.00. The number of nitrogens with one attached hydrogen (secondary N) is 1. The van der Waals surface area contributed by atoms with Crippen LogP contribution in [0.3, 0.4) is 0 Å². The summed E-state index contributed by atoms with van der Waals surface area (Å²) in [6, 6.07) is 0.542. The Bertz CT molecular complexity index is 359. The predicted octanol–water partition coefficient (Wildman–Crippen LogP) is 3.43. The molecule has 0 radical (unpaired) electrons. The van der Waals surface area contributed by atoms with Gasteiger partial charge in [0.15, 0.2) is 0 Å². The van der Waals surface area contributed by atoms with Crippen molar-refractivity contribution in [2.75, 3.05) is 5.32 Å². The number of anilines is 1. The minimum atomic E-state index is 0.542. The summed E-state index contributed by atoms with van der Waals surface area (Å²) in [7, 11) is 0. The molecule has 1 aliphatic rings. The van der Waals surface area contributed by atoms with E-state index in [2.05, 4.69) is 22.2 Å². The summed E-state index contributed by atoms with van der Waals surface area (Å²) in [6.45, 7) is 4.28. The number of nitrogens with zero attached hydrogens (tertiary/aromatic N) is 2. The standard InChI is InChI=1S/C12H18ClN3/c1-8-3-5-10(6-4-8)16-12-9(2)11(13)14-7-15-12/h7-8,10H,3-6H2,1-2H3,(H,14,15,16). The zero-order valence-electron chi connectivity index (χ0n) is 9.83. The first kappa shape index (κ1) is 11.6. The molecule has 1 aromatic rings. The van der Waals surface area contributed by atoms with Gasteiger partial charge in [0.05, 0.1) is 0 Å². The van der Waals surface area contributed by atoms with Crippen LogP contribution in [-0.4, -0.2) is 16.0 Å². The molecule has 4 heteroatoms. The molecule has 1 aromatic heterocycles. The Morgan fingerprint density at radius 1 is 1.25 bits per heavy atom. The number of aromatic nitrogens is 2. The molecule has 1 saturated carbocycles. The second-order valence-corrected chi connectivity index (χ2v) is 5.10. The molecule has 2 rings (SSSR count). The zero-order valence-corrected chi connectivity index (χ0v) is 10.6. The summed E-state index contributed by atoms with van der Waals surface area (Å²) >= 11 is 5.96. The van der Waals surface area contributed by atoms with Crippen LogP contribution in [-0.2, 0) is 0 Å². The van der Waals surface area contributed by atoms with E-state index in [1.54, 1.807) is 0 Å². The fourth-order valence-corrected chi connectivity index (χ4v) is 2.31. The molecule has 1 aliphatic carbocycles. The largest absolute Gasteiger partial charge is 0.367 e. The molecule has 0 amide bonds. The van der Waals surface area contributed by atoms with E-state index in [9.17, 15) is 0 Å². The molecule has 0 atom stereocenters. The lowest BCUT2D eigenvalue weighted by atomic mass is 9.87. The van der Waals surface area contributed by atoms with Crippen LogP contribution in [0, 0.1) is 12.8 Å². The summed E-state index contributed by atoms with van der Waals surface area (Å²) in [4.78, 5) is 8.20. The van der Waals surface area contributed by atoms with Crippen LogP contribution in [0.25, 0.3) is 0 Å². The average molecular weight is 240 g/mol.